The molecule has 0 bridgehead atoms. The molecule has 2 aromatic rings. The van der Waals surface area contributed by atoms with E-state index in [0.717, 1.165) is 11.3 Å². The monoisotopic (exact) mass is 177 g/mol. The summed E-state index contributed by atoms with van der Waals surface area (Å²) in [4.78, 5) is 0. The summed E-state index contributed by atoms with van der Waals surface area (Å²) in [6.07, 6.45) is 1.65. The Balaban J connectivity index is 2.47. The van der Waals surface area contributed by atoms with Crippen LogP contribution in [0.5, 0.6) is 0 Å². The SMILES string of the molecule is Cn1nncc1-c1ccc(F)cc1. The smallest absolute Gasteiger partial charge is 0.123 e. The lowest BCUT2D eigenvalue weighted by molar-refractivity contribution is 0.628. The second-order valence-electron chi connectivity index (χ2n) is 2.75. The zero-order chi connectivity index (χ0) is 9.26. The van der Waals surface area contributed by atoms with Gasteiger partial charge in [-0.15, -0.1) is 5.10 Å². The number of aromatic nitrogens is 3. The fourth-order valence-electron chi connectivity index (χ4n) is 1.17. The molecule has 3 nitrogen and oxygen atoms in total. The molecule has 0 radical (unpaired) electrons. The van der Waals surface area contributed by atoms with Gasteiger partial charge < -0.3 is 0 Å². The normalized spacial score (nSPS) is 10.3. The number of hydrogen-bond acceptors (Lipinski definition) is 2. The van der Waals surface area contributed by atoms with Crippen LogP contribution in [-0.4, -0.2) is 15.0 Å². The minimum Gasteiger partial charge on any atom is -0.248 e. The topological polar surface area (TPSA) is 30.7 Å². The lowest BCUT2D eigenvalue weighted by Gasteiger charge is -1.99. The van der Waals surface area contributed by atoms with E-state index in [9.17, 15) is 4.39 Å². The molecule has 0 saturated heterocycles. The molecule has 2 rings (SSSR count). The van der Waals surface area contributed by atoms with Crippen LogP contribution in [0, 0.1) is 5.82 Å². The van der Waals surface area contributed by atoms with Crippen molar-refractivity contribution >= 4 is 0 Å². The highest BCUT2D eigenvalue weighted by Gasteiger charge is 2.02. The van der Waals surface area contributed by atoms with Gasteiger partial charge in [0.1, 0.15) is 5.82 Å². The summed E-state index contributed by atoms with van der Waals surface area (Å²) in [6.45, 7) is 0. The van der Waals surface area contributed by atoms with Crippen LogP contribution in [0.1, 0.15) is 0 Å². The first kappa shape index (κ1) is 7.91. The Hall–Kier alpha value is -1.71. The van der Waals surface area contributed by atoms with E-state index >= 15 is 0 Å². The Morgan fingerprint density at radius 2 is 1.92 bits per heavy atom. The van der Waals surface area contributed by atoms with Crippen molar-refractivity contribution in [2.75, 3.05) is 0 Å². The van der Waals surface area contributed by atoms with Crippen molar-refractivity contribution in [2.45, 2.75) is 0 Å². The van der Waals surface area contributed by atoms with Crippen LogP contribution in [0.3, 0.4) is 0 Å². The fourth-order valence-corrected chi connectivity index (χ4v) is 1.17. The van der Waals surface area contributed by atoms with Crippen molar-refractivity contribution in [3.05, 3.63) is 36.3 Å². The molecule has 0 aliphatic rings. The molecule has 0 fully saturated rings. The number of nitrogens with zero attached hydrogens (tertiary/aromatic N) is 3. The van der Waals surface area contributed by atoms with Crippen LogP contribution in [0.4, 0.5) is 4.39 Å². The zero-order valence-corrected chi connectivity index (χ0v) is 7.11. The highest BCUT2D eigenvalue weighted by Crippen LogP contribution is 2.16. The molecule has 0 unspecified atom stereocenters. The van der Waals surface area contributed by atoms with Crippen molar-refractivity contribution < 1.29 is 4.39 Å². The maximum Gasteiger partial charge on any atom is 0.123 e. The van der Waals surface area contributed by atoms with Crippen molar-refractivity contribution in [1.29, 1.82) is 0 Å². The Morgan fingerprint density at radius 1 is 1.23 bits per heavy atom. The number of benzene rings is 1. The summed E-state index contributed by atoms with van der Waals surface area (Å²) < 4.78 is 14.2. The highest BCUT2D eigenvalue weighted by atomic mass is 19.1. The van der Waals surface area contributed by atoms with E-state index in [0.29, 0.717) is 0 Å². The van der Waals surface area contributed by atoms with E-state index in [1.165, 1.54) is 12.1 Å². The second kappa shape index (κ2) is 2.97. The van der Waals surface area contributed by atoms with Crippen molar-refractivity contribution in [1.82, 2.24) is 15.0 Å². The quantitative estimate of drug-likeness (QED) is 0.662. The lowest BCUT2D eigenvalue weighted by atomic mass is 10.2. The van der Waals surface area contributed by atoms with Gasteiger partial charge in [-0.2, -0.15) is 0 Å². The lowest BCUT2D eigenvalue weighted by Crippen LogP contribution is -1.93. The average Bonchev–Trinajstić information content (AvgIpc) is 2.53. The number of halogens is 1. The van der Waals surface area contributed by atoms with Crippen LogP contribution in [0.2, 0.25) is 0 Å². The van der Waals surface area contributed by atoms with E-state index in [4.69, 9.17) is 0 Å². The van der Waals surface area contributed by atoms with Gasteiger partial charge in [0.2, 0.25) is 0 Å². The minimum absolute atomic E-state index is 0.237. The van der Waals surface area contributed by atoms with E-state index < -0.39 is 0 Å². The van der Waals surface area contributed by atoms with Gasteiger partial charge in [0.25, 0.3) is 0 Å². The van der Waals surface area contributed by atoms with Gasteiger partial charge in [0.15, 0.2) is 0 Å². The summed E-state index contributed by atoms with van der Waals surface area (Å²) in [5.74, 6) is -0.237. The summed E-state index contributed by atoms with van der Waals surface area (Å²) in [7, 11) is 1.80. The molecule has 0 spiro atoms. The van der Waals surface area contributed by atoms with Crippen molar-refractivity contribution in [2.24, 2.45) is 7.05 Å². The van der Waals surface area contributed by atoms with Crippen LogP contribution >= 0.6 is 0 Å². The zero-order valence-electron chi connectivity index (χ0n) is 7.11. The predicted octanol–water partition coefficient (Wildman–Crippen LogP) is 1.62. The molecule has 1 aromatic heterocycles. The number of hydrogen-bond donors (Lipinski definition) is 0. The first-order valence-corrected chi connectivity index (χ1v) is 3.88. The molecule has 0 saturated carbocycles. The summed E-state index contributed by atoms with van der Waals surface area (Å²) in [6, 6.07) is 6.24. The predicted molar refractivity (Wildman–Crippen MR) is 46.4 cm³/mol. The Labute approximate surface area is 74.8 Å². The van der Waals surface area contributed by atoms with Crippen molar-refractivity contribution in [3.63, 3.8) is 0 Å². The molecule has 1 heterocycles. The standard InChI is InChI=1S/C9H8FN3/c1-13-9(6-11-12-13)7-2-4-8(10)5-3-7/h2-6H,1H3. The first-order chi connectivity index (χ1) is 6.27. The third-order valence-corrected chi connectivity index (χ3v) is 1.85. The molecule has 1 aromatic carbocycles. The second-order valence-corrected chi connectivity index (χ2v) is 2.75. The van der Waals surface area contributed by atoms with Crippen LogP contribution < -0.4 is 0 Å². The molecule has 0 amide bonds. The maximum atomic E-state index is 12.6. The minimum atomic E-state index is -0.237. The molecule has 13 heavy (non-hydrogen) atoms. The molecule has 0 aliphatic carbocycles. The third kappa shape index (κ3) is 1.42. The summed E-state index contributed by atoms with van der Waals surface area (Å²) in [5, 5.41) is 7.53. The van der Waals surface area contributed by atoms with Crippen molar-refractivity contribution in [3.8, 4) is 11.3 Å². The molecule has 0 atom stereocenters. The van der Waals surface area contributed by atoms with Crippen LogP contribution in [0.15, 0.2) is 30.5 Å². The van der Waals surface area contributed by atoms with E-state index in [1.54, 1.807) is 30.1 Å². The molecule has 0 aliphatic heterocycles. The Bertz CT molecular complexity index is 405. The van der Waals surface area contributed by atoms with Gasteiger partial charge in [-0.05, 0) is 24.3 Å². The highest BCUT2D eigenvalue weighted by molar-refractivity contribution is 5.57. The molecule has 66 valence electrons. The molecule has 0 N–H and O–H groups in total. The van der Waals surface area contributed by atoms with Gasteiger partial charge in [-0.3, -0.25) is 0 Å². The fraction of sp³-hybridized carbons (Fsp3) is 0.111. The Kier molecular flexibility index (Phi) is 1.81. The van der Waals surface area contributed by atoms with E-state index in [-0.39, 0.29) is 5.82 Å². The first-order valence-electron chi connectivity index (χ1n) is 3.88. The molecular formula is C9H8FN3. The number of rotatable bonds is 1. The average molecular weight is 177 g/mol. The van der Waals surface area contributed by atoms with Gasteiger partial charge in [-0.25, -0.2) is 9.07 Å². The summed E-state index contributed by atoms with van der Waals surface area (Å²) in [5.41, 5.74) is 1.79. The van der Waals surface area contributed by atoms with Gasteiger partial charge in [0, 0.05) is 12.6 Å². The van der Waals surface area contributed by atoms with Gasteiger partial charge in [-0.1, -0.05) is 5.21 Å². The third-order valence-electron chi connectivity index (χ3n) is 1.85. The summed E-state index contributed by atoms with van der Waals surface area (Å²) >= 11 is 0. The van der Waals surface area contributed by atoms with Crippen LogP contribution in [-0.2, 0) is 7.05 Å². The van der Waals surface area contributed by atoms with E-state index in [2.05, 4.69) is 10.3 Å². The largest absolute Gasteiger partial charge is 0.248 e. The Morgan fingerprint density at radius 3 is 2.46 bits per heavy atom. The number of aryl methyl sites for hydroxylation is 1. The van der Waals surface area contributed by atoms with Crippen LogP contribution in [0.25, 0.3) is 11.3 Å². The molecular weight excluding hydrogens is 169 g/mol. The van der Waals surface area contributed by atoms with E-state index in [1.807, 2.05) is 0 Å². The van der Waals surface area contributed by atoms with Gasteiger partial charge >= 0.3 is 0 Å². The maximum absolute atomic E-state index is 12.6. The van der Waals surface area contributed by atoms with Gasteiger partial charge in [0.05, 0.1) is 11.9 Å². The molecule has 4 heteroatoms.